The molecule has 0 saturated heterocycles. The first-order chi connectivity index (χ1) is 12.0. The van der Waals surface area contributed by atoms with Gasteiger partial charge in [0.15, 0.2) is 0 Å². The maximum atomic E-state index is 4.66. The molecule has 0 aliphatic rings. The summed E-state index contributed by atoms with van der Waals surface area (Å²) in [5.74, 6) is 0. The van der Waals surface area contributed by atoms with E-state index >= 15 is 0 Å². The van der Waals surface area contributed by atoms with Crippen LogP contribution in [0, 0.1) is 13.8 Å². The molecule has 0 aliphatic carbocycles. The van der Waals surface area contributed by atoms with Crippen LogP contribution in [-0.4, -0.2) is 38.3 Å². The van der Waals surface area contributed by atoms with Crippen LogP contribution in [-0.2, 0) is 19.6 Å². The normalized spacial score (nSPS) is 11.0. The van der Waals surface area contributed by atoms with Gasteiger partial charge in [-0.15, -0.1) is 12.4 Å². The summed E-state index contributed by atoms with van der Waals surface area (Å²) in [6.45, 7) is 8.97. The molecule has 1 aromatic carbocycles. The van der Waals surface area contributed by atoms with Gasteiger partial charge in [-0.05, 0) is 46.0 Å². The van der Waals surface area contributed by atoms with E-state index < -0.39 is 0 Å². The monoisotopic (exact) mass is 373 g/mol. The van der Waals surface area contributed by atoms with Gasteiger partial charge >= 0.3 is 0 Å². The molecule has 0 aliphatic heterocycles. The molecule has 0 atom stereocenters. The summed E-state index contributed by atoms with van der Waals surface area (Å²) in [5, 5.41) is 4.66. The van der Waals surface area contributed by atoms with Crippen LogP contribution in [0.15, 0.2) is 36.8 Å². The third-order valence-electron chi connectivity index (χ3n) is 4.60. The van der Waals surface area contributed by atoms with E-state index in [9.17, 15) is 0 Å². The van der Waals surface area contributed by atoms with Gasteiger partial charge in [-0.1, -0.05) is 24.3 Å². The van der Waals surface area contributed by atoms with Crippen LogP contribution in [0.2, 0.25) is 0 Å². The van der Waals surface area contributed by atoms with Crippen LogP contribution >= 0.6 is 12.4 Å². The maximum Gasteiger partial charge on any atom is 0.0954 e. The fraction of sp³-hybridized carbons (Fsp3) is 0.400. The highest BCUT2D eigenvalue weighted by molar-refractivity contribution is 5.85. The molecule has 0 N–H and O–H groups in total. The molecule has 3 rings (SSSR count). The summed E-state index contributed by atoms with van der Waals surface area (Å²) >= 11 is 0. The van der Waals surface area contributed by atoms with Crippen molar-refractivity contribution in [3.8, 4) is 11.3 Å². The summed E-state index contributed by atoms with van der Waals surface area (Å²) < 4.78 is 4.29. The van der Waals surface area contributed by atoms with Crippen molar-refractivity contribution in [2.24, 2.45) is 0 Å². The first-order valence-electron chi connectivity index (χ1n) is 8.77. The van der Waals surface area contributed by atoms with Gasteiger partial charge < -0.3 is 9.47 Å². The molecule has 140 valence electrons. The Labute approximate surface area is 162 Å². The topological polar surface area (TPSA) is 38.9 Å². The Bertz CT molecular complexity index is 863. The van der Waals surface area contributed by atoms with Crippen LogP contribution in [0.1, 0.15) is 29.4 Å². The third kappa shape index (κ3) is 4.00. The van der Waals surface area contributed by atoms with Gasteiger partial charge in [0.2, 0.25) is 0 Å². The summed E-state index contributed by atoms with van der Waals surface area (Å²) in [5.41, 5.74) is 7.27. The minimum Gasteiger partial charge on any atom is -0.326 e. The van der Waals surface area contributed by atoms with E-state index in [0.29, 0.717) is 0 Å². The van der Waals surface area contributed by atoms with Gasteiger partial charge in [0.1, 0.15) is 0 Å². The molecular formula is C20H28ClN5. The highest BCUT2D eigenvalue weighted by Crippen LogP contribution is 2.27. The molecule has 0 amide bonds. The molecule has 0 unspecified atom stereocenters. The van der Waals surface area contributed by atoms with E-state index in [1.807, 2.05) is 12.5 Å². The van der Waals surface area contributed by atoms with Crippen molar-refractivity contribution >= 4 is 12.4 Å². The quantitative estimate of drug-likeness (QED) is 0.657. The lowest BCUT2D eigenvalue weighted by atomic mass is 10.1. The third-order valence-corrected chi connectivity index (χ3v) is 4.60. The number of aromatic nitrogens is 4. The minimum atomic E-state index is 0. The lowest BCUT2D eigenvalue weighted by Crippen LogP contribution is -2.13. The lowest BCUT2D eigenvalue weighted by Gasteiger charge is -2.16. The van der Waals surface area contributed by atoms with E-state index in [-0.39, 0.29) is 12.4 Å². The highest BCUT2D eigenvalue weighted by Gasteiger charge is 2.17. The number of imidazole rings is 1. The second-order valence-electron chi connectivity index (χ2n) is 6.77. The van der Waals surface area contributed by atoms with E-state index in [2.05, 4.69) is 83.4 Å². The second kappa shape index (κ2) is 8.52. The van der Waals surface area contributed by atoms with E-state index in [4.69, 9.17) is 0 Å². The summed E-state index contributed by atoms with van der Waals surface area (Å²) in [7, 11) is 4.20. The van der Waals surface area contributed by atoms with Crippen molar-refractivity contribution in [3.63, 3.8) is 0 Å². The van der Waals surface area contributed by atoms with Crippen LogP contribution in [0.4, 0.5) is 0 Å². The molecule has 3 aromatic rings. The number of aryl methyl sites for hydroxylation is 2. The van der Waals surface area contributed by atoms with Crippen LogP contribution in [0.5, 0.6) is 0 Å². The standard InChI is InChI=1S/C20H27N5.ClH/c1-6-25-16(3)20(15(2)22-25)19-11-21-14-24(19)13-18-10-8-7-9-17(18)12-23(4)5;/h7-11,14H,6,12-13H2,1-5H3;1H. The largest absolute Gasteiger partial charge is 0.326 e. The first kappa shape index (κ1) is 20.2. The maximum absolute atomic E-state index is 4.66. The number of hydrogen-bond acceptors (Lipinski definition) is 3. The smallest absolute Gasteiger partial charge is 0.0954 e. The molecule has 0 radical (unpaired) electrons. The molecule has 0 spiro atoms. The van der Waals surface area contributed by atoms with E-state index in [1.165, 1.54) is 22.4 Å². The zero-order valence-corrected chi connectivity index (χ0v) is 17.0. The minimum absolute atomic E-state index is 0. The molecule has 2 heterocycles. The van der Waals surface area contributed by atoms with Crippen molar-refractivity contribution in [2.45, 2.75) is 40.4 Å². The fourth-order valence-electron chi connectivity index (χ4n) is 3.42. The second-order valence-corrected chi connectivity index (χ2v) is 6.77. The van der Waals surface area contributed by atoms with Crippen molar-refractivity contribution in [3.05, 3.63) is 59.3 Å². The average molecular weight is 374 g/mol. The van der Waals surface area contributed by atoms with E-state index in [0.717, 1.165) is 31.0 Å². The van der Waals surface area contributed by atoms with Gasteiger partial charge in [-0.25, -0.2) is 4.98 Å². The number of hydrogen-bond donors (Lipinski definition) is 0. The predicted molar refractivity (Wildman–Crippen MR) is 109 cm³/mol. The summed E-state index contributed by atoms with van der Waals surface area (Å²) in [6, 6.07) is 8.63. The molecular weight excluding hydrogens is 346 g/mol. The first-order valence-corrected chi connectivity index (χ1v) is 8.77. The molecule has 0 fully saturated rings. The number of benzene rings is 1. The fourth-order valence-corrected chi connectivity index (χ4v) is 3.42. The highest BCUT2D eigenvalue weighted by atomic mass is 35.5. The van der Waals surface area contributed by atoms with Gasteiger partial charge in [-0.3, -0.25) is 4.68 Å². The van der Waals surface area contributed by atoms with Gasteiger partial charge in [0.25, 0.3) is 0 Å². The molecule has 2 aromatic heterocycles. The lowest BCUT2D eigenvalue weighted by molar-refractivity contribution is 0.400. The van der Waals surface area contributed by atoms with Crippen LogP contribution < -0.4 is 0 Å². The number of halogens is 1. The van der Waals surface area contributed by atoms with Crippen molar-refractivity contribution < 1.29 is 0 Å². The average Bonchev–Trinajstić information content (AvgIpc) is 3.12. The molecule has 0 saturated carbocycles. The Morgan fingerprint density at radius 1 is 1.08 bits per heavy atom. The van der Waals surface area contributed by atoms with Crippen molar-refractivity contribution in [1.29, 1.82) is 0 Å². The predicted octanol–water partition coefficient (Wildman–Crippen LogP) is 3.92. The van der Waals surface area contributed by atoms with Gasteiger partial charge in [-0.2, -0.15) is 5.10 Å². The van der Waals surface area contributed by atoms with Crippen molar-refractivity contribution in [2.75, 3.05) is 14.1 Å². The molecule has 6 heteroatoms. The zero-order valence-electron chi connectivity index (χ0n) is 16.2. The summed E-state index contributed by atoms with van der Waals surface area (Å²) in [6.07, 6.45) is 3.87. The van der Waals surface area contributed by atoms with Crippen molar-refractivity contribution in [1.82, 2.24) is 24.2 Å². The molecule has 26 heavy (non-hydrogen) atoms. The molecule has 5 nitrogen and oxygen atoms in total. The van der Waals surface area contributed by atoms with E-state index in [1.54, 1.807) is 0 Å². The Morgan fingerprint density at radius 3 is 2.38 bits per heavy atom. The zero-order chi connectivity index (χ0) is 18.0. The number of nitrogens with zero attached hydrogens (tertiary/aromatic N) is 5. The SMILES string of the molecule is CCn1nc(C)c(-c2cncn2Cc2ccccc2CN(C)C)c1C.Cl. The molecule has 0 bridgehead atoms. The Kier molecular flexibility index (Phi) is 6.62. The van der Waals surface area contributed by atoms with Gasteiger partial charge in [0.05, 0.1) is 23.9 Å². The Hall–Kier alpha value is -2.11. The Morgan fingerprint density at radius 2 is 1.77 bits per heavy atom. The van der Waals surface area contributed by atoms with Crippen LogP contribution in [0.25, 0.3) is 11.3 Å². The van der Waals surface area contributed by atoms with Crippen LogP contribution in [0.3, 0.4) is 0 Å². The Balaban J connectivity index is 0.00000243. The summed E-state index contributed by atoms with van der Waals surface area (Å²) in [4.78, 5) is 6.62. The number of rotatable bonds is 6. The van der Waals surface area contributed by atoms with Gasteiger partial charge in [0, 0.05) is 30.9 Å².